The van der Waals surface area contributed by atoms with Gasteiger partial charge in [0.2, 0.25) is 0 Å². The van der Waals surface area contributed by atoms with Gasteiger partial charge in [-0.25, -0.2) is 0 Å². The highest BCUT2D eigenvalue weighted by Crippen LogP contribution is 2.13. The maximum atomic E-state index is 10.7. The summed E-state index contributed by atoms with van der Waals surface area (Å²) < 4.78 is 4.53. The predicted molar refractivity (Wildman–Crippen MR) is 40.6 cm³/mol. The van der Waals surface area contributed by atoms with Crippen molar-refractivity contribution in [2.75, 3.05) is 7.11 Å². The monoisotopic (exact) mass is 144 g/mol. The van der Waals surface area contributed by atoms with Gasteiger partial charge in [0.25, 0.3) is 0 Å². The number of methoxy groups -OCH3 is 1. The lowest BCUT2D eigenvalue weighted by Gasteiger charge is -2.12. The van der Waals surface area contributed by atoms with Gasteiger partial charge in [-0.3, -0.25) is 4.79 Å². The summed E-state index contributed by atoms with van der Waals surface area (Å²) in [7, 11) is 1.43. The summed E-state index contributed by atoms with van der Waals surface area (Å²) in [6, 6.07) is 0. The molecule has 10 heavy (non-hydrogen) atoms. The van der Waals surface area contributed by atoms with Crippen LogP contribution in [0.4, 0.5) is 0 Å². The highest BCUT2D eigenvalue weighted by molar-refractivity contribution is 5.69. The predicted octanol–water partition coefficient (Wildman–Crippen LogP) is 1.84. The van der Waals surface area contributed by atoms with Crippen LogP contribution >= 0.6 is 0 Å². The third-order valence-corrected chi connectivity index (χ3v) is 1.85. The molecule has 0 radical (unpaired) electrons. The lowest BCUT2D eigenvalue weighted by atomic mass is 9.95. The molecule has 0 unspecified atom stereocenters. The Balaban J connectivity index is 3.57. The van der Waals surface area contributed by atoms with Gasteiger partial charge in [0.1, 0.15) is 0 Å². The summed E-state index contributed by atoms with van der Waals surface area (Å²) in [4.78, 5) is 10.7. The van der Waals surface area contributed by atoms with Gasteiger partial charge in [-0.15, -0.1) is 0 Å². The molecular formula is C8H16O2. The third-order valence-electron chi connectivity index (χ3n) is 1.85. The van der Waals surface area contributed by atoms with Crippen molar-refractivity contribution >= 4 is 5.97 Å². The molecule has 0 heterocycles. The van der Waals surface area contributed by atoms with Crippen LogP contribution in [-0.2, 0) is 9.53 Å². The first-order valence-corrected chi connectivity index (χ1v) is 3.64. The van der Waals surface area contributed by atoms with E-state index in [1.807, 2.05) is 0 Å². The molecule has 0 aliphatic heterocycles. The Morgan fingerprint density at radius 1 is 1.40 bits per heavy atom. The molecule has 0 N–H and O–H groups in total. The third kappa shape index (κ3) is 3.49. The molecule has 0 bridgehead atoms. The minimum absolute atomic E-state index is 0.110. The topological polar surface area (TPSA) is 26.3 Å². The Kier molecular flexibility index (Phi) is 4.08. The lowest BCUT2D eigenvalue weighted by molar-refractivity contribution is -0.141. The number of ether oxygens (including phenoxy) is 1. The van der Waals surface area contributed by atoms with E-state index in [9.17, 15) is 4.79 Å². The van der Waals surface area contributed by atoms with Crippen molar-refractivity contribution in [3.8, 4) is 0 Å². The standard InChI is InChI=1S/C8H16O2/c1-6(2)7(3)5-8(9)10-4/h6-7H,5H2,1-4H3/t7-/m1/s1. The molecule has 2 nitrogen and oxygen atoms in total. The normalized spacial score (nSPS) is 13.3. The van der Waals surface area contributed by atoms with Crippen LogP contribution in [0.1, 0.15) is 27.2 Å². The van der Waals surface area contributed by atoms with Crippen molar-refractivity contribution < 1.29 is 9.53 Å². The second-order valence-corrected chi connectivity index (χ2v) is 3.00. The van der Waals surface area contributed by atoms with Crippen molar-refractivity contribution in [1.82, 2.24) is 0 Å². The minimum Gasteiger partial charge on any atom is -0.469 e. The molecule has 2 heteroatoms. The van der Waals surface area contributed by atoms with Crippen molar-refractivity contribution in [3.05, 3.63) is 0 Å². The molecule has 0 saturated heterocycles. The van der Waals surface area contributed by atoms with E-state index in [2.05, 4.69) is 25.5 Å². The molecule has 0 saturated carbocycles. The highest BCUT2D eigenvalue weighted by Gasteiger charge is 2.11. The molecule has 1 atom stereocenters. The summed E-state index contributed by atoms with van der Waals surface area (Å²) in [5.41, 5.74) is 0. The molecule has 0 aliphatic carbocycles. The maximum absolute atomic E-state index is 10.7. The second kappa shape index (κ2) is 4.31. The number of carbonyl (C=O) groups is 1. The number of hydrogen-bond donors (Lipinski definition) is 0. The Bertz CT molecular complexity index is 108. The Labute approximate surface area is 62.6 Å². The van der Waals surface area contributed by atoms with Crippen LogP contribution in [0, 0.1) is 11.8 Å². The first kappa shape index (κ1) is 9.47. The molecule has 0 aromatic heterocycles. The van der Waals surface area contributed by atoms with Crippen LogP contribution in [-0.4, -0.2) is 13.1 Å². The maximum Gasteiger partial charge on any atom is 0.305 e. The summed E-state index contributed by atoms with van der Waals surface area (Å²) >= 11 is 0. The summed E-state index contributed by atoms with van der Waals surface area (Å²) in [5.74, 6) is 0.868. The van der Waals surface area contributed by atoms with E-state index in [4.69, 9.17) is 0 Å². The summed E-state index contributed by atoms with van der Waals surface area (Å²) in [6.07, 6.45) is 0.536. The van der Waals surface area contributed by atoms with Crippen molar-refractivity contribution in [3.63, 3.8) is 0 Å². The van der Waals surface area contributed by atoms with Crippen LogP contribution in [0.2, 0.25) is 0 Å². The van der Waals surface area contributed by atoms with E-state index in [0.29, 0.717) is 18.3 Å². The smallest absolute Gasteiger partial charge is 0.305 e. The van der Waals surface area contributed by atoms with Gasteiger partial charge >= 0.3 is 5.97 Å². The zero-order chi connectivity index (χ0) is 8.15. The Hall–Kier alpha value is -0.530. The number of carbonyl (C=O) groups excluding carboxylic acids is 1. The molecule has 0 amide bonds. The van der Waals surface area contributed by atoms with Gasteiger partial charge in [-0.1, -0.05) is 20.8 Å². The van der Waals surface area contributed by atoms with Crippen LogP contribution in [0.15, 0.2) is 0 Å². The van der Waals surface area contributed by atoms with Crippen molar-refractivity contribution in [2.45, 2.75) is 27.2 Å². The van der Waals surface area contributed by atoms with Crippen LogP contribution in [0.3, 0.4) is 0 Å². The summed E-state index contributed by atoms with van der Waals surface area (Å²) in [5, 5.41) is 0. The fourth-order valence-corrected chi connectivity index (χ4v) is 0.582. The van der Waals surface area contributed by atoms with E-state index in [1.165, 1.54) is 7.11 Å². The molecule has 0 spiro atoms. The average Bonchev–Trinajstić information content (AvgIpc) is 1.87. The number of rotatable bonds is 3. The van der Waals surface area contributed by atoms with Crippen molar-refractivity contribution in [2.24, 2.45) is 11.8 Å². The largest absolute Gasteiger partial charge is 0.469 e. The van der Waals surface area contributed by atoms with E-state index in [1.54, 1.807) is 0 Å². The van der Waals surface area contributed by atoms with Crippen molar-refractivity contribution in [1.29, 1.82) is 0 Å². The number of hydrogen-bond acceptors (Lipinski definition) is 2. The summed E-state index contributed by atoms with van der Waals surface area (Å²) in [6.45, 7) is 6.27. The zero-order valence-electron chi connectivity index (χ0n) is 7.18. The Morgan fingerprint density at radius 2 is 1.90 bits per heavy atom. The minimum atomic E-state index is -0.110. The van der Waals surface area contributed by atoms with Gasteiger partial charge in [0, 0.05) is 6.42 Å². The van der Waals surface area contributed by atoms with E-state index in [-0.39, 0.29) is 5.97 Å². The average molecular weight is 144 g/mol. The van der Waals surface area contributed by atoms with E-state index in [0.717, 1.165) is 0 Å². The molecule has 0 fully saturated rings. The molecular weight excluding hydrogens is 128 g/mol. The quantitative estimate of drug-likeness (QED) is 0.565. The zero-order valence-corrected chi connectivity index (χ0v) is 7.18. The highest BCUT2D eigenvalue weighted by atomic mass is 16.5. The van der Waals surface area contributed by atoms with Gasteiger partial charge in [-0.05, 0) is 11.8 Å². The van der Waals surface area contributed by atoms with Gasteiger partial charge in [-0.2, -0.15) is 0 Å². The first-order chi connectivity index (χ1) is 4.57. The molecule has 0 aliphatic rings. The van der Waals surface area contributed by atoms with Crippen LogP contribution in [0.25, 0.3) is 0 Å². The van der Waals surface area contributed by atoms with Gasteiger partial charge < -0.3 is 4.74 Å². The fourth-order valence-electron chi connectivity index (χ4n) is 0.582. The molecule has 0 aromatic rings. The van der Waals surface area contributed by atoms with Crippen LogP contribution in [0.5, 0.6) is 0 Å². The number of esters is 1. The Morgan fingerprint density at radius 3 is 2.20 bits per heavy atom. The molecule has 0 rings (SSSR count). The first-order valence-electron chi connectivity index (χ1n) is 3.64. The molecule has 60 valence electrons. The van der Waals surface area contributed by atoms with E-state index >= 15 is 0 Å². The second-order valence-electron chi connectivity index (χ2n) is 3.00. The van der Waals surface area contributed by atoms with Crippen LogP contribution < -0.4 is 0 Å². The molecule has 0 aromatic carbocycles. The van der Waals surface area contributed by atoms with Gasteiger partial charge in [0.05, 0.1) is 7.11 Å². The van der Waals surface area contributed by atoms with Gasteiger partial charge in [0.15, 0.2) is 0 Å². The SMILES string of the molecule is COC(=O)C[C@@H](C)C(C)C. The van der Waals surface area contributed by atoms with E-state index < -0.39 is 0 Å². The fraction of sp³-hybridized carbons (Fsp3) is 0.875. The lowest BCUT2D eigenvalue weighted by Crippen LogP contribution is -2.11.